The number of hydrogen-bond donors (Lipinski definition) is 0. The summed E-state index contributed by atoms with van der Waals surface area (Å²) in [4.78, 5) is 0. The summed E-state index contributed by atoms with van der Waals surface area (Å²) in [6.07, 6.45) is 18.6. The quantitative estimate of drug-likeness (QED) is 0.0916. The zero-order valence-corrected chi connectivity index (χ0v) is 25.2. The minimum absolute atomic E-state index is 0. The highest BCUT2D eigenvalue weighted by Gasteiger charge is 2.19. The van der Waals surface area contributed by atoms with Crippen molar-refractivity contribution in [3.05, 3.63) is 60.2 Å². The van der Waals surface area contributed by atoms with Gasteiger partial charge in [0, 0.05) is 5.41 Å². The minimum atomic E-state index is 0. The van der Waals surface area contributed by atoms with Crippen molar-refractivity contribution in [2.45, 2.75) is 86.0 Å². The predicted octanol–water partition coefficient (Wildman–Crippen LogP) is 5.85. The predicted molar refractivity (Wildman–Crippen MR) is 148 cm³/mol. The van der Waals surface area contributed by atoms with Crippen molar-refractivity contribution in [3.8, 4) is 5.75 Å². The van der Waals surface area contributed by atoms with Crippen LogP contribution in [-0.2, 0) is 0 Å². The van der Waals surface area contributed by atoms with E-state index < -0.39 is 0 Å². The van der Waals surface area contributed by atoms with Gasteiger partial charge in [-0.15, -0.1) is 6.58 Å². The Balaban J connectivity index is 0.0000109. The molecule has 1 aromatic carbocycles. The van der Waals surface area contributed by atoms with Crippen molar-refractivity contribution < 1.29 is 33.2 Å². The Bertz CT molecular complexity index is 709. The van der Waals surface area contributed by atoms with E-state index in [1.807, 2.05) is 0 Å². The molecule has 0 amide bonds. The lowest BCUT2D eigenvalue weighted by Gasteiger charge is -2.35. The van der Waals surface area contributed by atoms with E-state index in [-0.39, 0.29) is 29.4 Å². The van der Waals surface area contributed by atoms with Gasteiger partial charge in [0.2, 0.25) is 0 Å². The Kier molecular flexibility index (Phi) is 17.7. The Labute approximate surface area is 229 Å². The van der Waals surface area contributed by atoms with E-state index in [0.29, 0.717) is 0 Å². The fourth-order valence-corrected chi connectivity index (χ4v) is 4.09. The highest BCUT2D eigenvalue weighted by Crippen LogP contribution is 2.28. The summed E-state index contributed by atoms with van der Waals surface area (Å²) in [7, 11) is 2.44. The molecule has 0 spiro atoms. The largest absolute Gasteiger partial charge is 1.00 e. The average Bonchev–Trinajstić information content (AvgIpc) is 2.80. The maximum atomic E-state index is 6.03. The van der Waals surface area contributed by atoms with Crippen molar-refractivity contribution in [1.82, 2.24) is 0 Å². The molecular weight excluding hydrogens is 529 g/mol. The Hall–Kier alpha value is -1.07. The molecule has 34 heavy (non-hydrogen) atoms. The third-order valence-corrected chi connectivity index (χ3v) is 6.70. The molecule has 0 radical (unpaired) electrons. The summed E-state index contributed by atoms with van der Waals surface area (Å²) in [5.74, 6) is 0.969. The summed E-state index contributed by atoms with van der Waals surface area (Å²) in [5.41, 5.74) is 2.60. The molecule has 1 rings (SSSR count). The van der Waals surface area contributed by atoms with Gasteiger partial charge < -0.3 is 33.2 Å². The first kappa shape index (κ1) is 32.9. The zero-order chi connectivity index (χ0) is 24.6. The number of hydrogen-bond acceptors (Lipinski definition) is 1. The van der Waals surface area contributed by atoms with Gasteiger partial charge in [0.1, 0.15) is 5.75 Å². The lowest BCUT2D eigenvalue weighted by Crippen LogP contribution is -3.00. The second-order valence-electron chi connectivity index (χ2n) is 10.5. The number of rotatable bonds is 18. The Morgan fingerprint density at radius 1 is 0.971 bits per heavy atom. The summed E-state index contributed by atoms with van der Waals surface area (Å²) >= 11 is 0. The average molecular weight is 582 g/mol. The van der Waals surface area contributed by atoms with E-state index in [4.69, 9.17) is 4.74 Å². The van der Waals surface area contributed by atoms with Crippen molar-refractivity contribution in [2.75, 3.05) is 33.3 Å². The topological polar surface area (TPSA) is 9.23 Å². The molecule has 0 heterocycles. The molecule has 3 heteroatoms. The molecule has 0 aromatic heterocycles. The van der Waals surface area contributed by atoms with Gasteiger partial charge in [-0.1, -0.05) is 75.6 Å². The highest BCUT2D eigenvalue weighted by atomic mass is 127. The van der Waals surface area contributed by atoms with Gasteiger partial charge in [-0.3, -0.25) is 0 Å². The molecule has 0 saturated heterocycles. The first-order valence-corrected chi connectivity index (χ1v) is 13.3. The van der Waals surface area contributed by atoms with Gasteiger partial charge in [0.05, 0.1) is 33.3 Å². The van der Waals surface area contributed by atoms with Crippen LogP contribution in [0.2, 0.25) is 0 Å². The van der Waals surface area contributed by atoms with E-state index >= 15 is 0 Å². The molecule has 0 aliphatic heterocycles. The van der Waals surface area contributed by atoms with Crippen LogP contribution in [0, 0.1) is 5.41 Å². The number of benzene rings is 1. The van der Waals surface area contributed by atoms with Gasteiger partial charge in [-0.2, -0.15) is 0 Å². The first-order chi connectivity index (χ1) is 15.8. The molecule has 0 N–H and O–H groups in total. The van der Waals surface area contributed by atoms with E-state index in [1.165, 1.54) is 67.4 Å². The van der Waals surface area contributed by atoms with Crippen LogP contribution in [0.5, 0.6) is 5.75 Å². The standard InChI is InChI=1S/C31H52NO.HI/c1-8-11-24-32(7,25-12-9-2)26-13-14-27-33-30-19-17-29(18-20-30)21-23-31(6,10-3)22-15-16-28(4)5;/h10,16-21,23H,3,8-9,11-15,22,24-27H2,1-2,4-7H3;1H/q+1;/p-1/b23-21+;/t31-;/m1./s1. The number of halogens is 1. The lowest BCUT2D eigenvalue weighted by atomic mass is 9.84. The van der Waals surface area contributed by atoms with Gasteiger partial charge >= 0.3 is 0 Å². The maximum Gasteiger partial charge on any atom is 0.119 e. The van der Waals surface area contributed by atoms with Crippen molar-refractivity contribution in [3.63, 3.8) is 0 Å². The van der Waals surface area contributed by atoms with Crippen LogP contribution in [-0.4, -0.2) is 37.8 Å². The number of unbranched alkanes of at least 4 members (excludes halogenated alkanes) is 3. The summed E-state index contributed by atoms with van der Waals surface area (Å²) in [5, 5.41) is 0. The van der Waals surface area contributed by atoms with Crippen LogP contribution in [0.25, 0.3) is 6.08 Å². The highest BCUT2D eigenvalue weighted by molar-refractivity contribution is 5.52. The summed E-state index contributed by atoms with van der Waals surface area (Å²) < 4.78 is 7.25. The molecule has 0 aliphatic rings. The zero-order valence-electron chi connectivity index (χ0n) is 23.0. The van der Waals surface area contributed by atoms with E-state index in [2.05, 4.69) is 96.8 Å². The minimum Gasteiger partial charge on any atom is -1.00 e. The third kappa shape index (κ3) is 14.4. The molecule has 0 unspecified atom stereocenters. The molecule has 194 valence electrons. The molecule has 0 fully saturated rings. The van der Waals surface area contributed by atoms with Crippen molar-refractivity contribution in [2.24, 2.45) is 5.41 Å². The molecule has 1 aromatic rings. The van der Waals surface area contributed by atoms with Gasteiger partial charge in [0.15, 0.2) is 0 Å². The van der Waals surface area contributed by atoms with E-state index in [1.54, 1.807) is 0 Å². The van der Waals surface area contributed by atoms with Crippen LogP contribution < -0.4 is 28.7 Å². The van der Waals surface area contributed by atoms with Crippen LogP contribution >= 0.6 is 0 Å². The maximum absolute atomic E-state index is 6.03. The van der Waals surface area contributed by atoms with Crippen molar-refractivity contribution in [1.29, 1.82) is 0 Å². The summed E-state index contributed by atoms with van der Waals surface area (Å²) in [6, 6.07) is 8.48. The molecule has 0 saturated carbocycles. The van der Waals surface area contributed by atoms with Crippen LogP contribution in [0.3, 0.4) is 0 Å². The number of allylic oxidation sites excluding steroid dienone is 4. The van der Waals surface area contributed by atoms with Gasteiger partial charge in [-0.05, 0) is 70.1 Å². The second kappa shape index (κ2) is 18.2. The van der Waals surface area contributed by atoms with Crippen LogP contribution in [0.1, 0.15) is 91.5 Å². The fraction of sp³-hybridized carbons (Fsp3) is 0.613. The fourth-order valence-electron chi connectivity index (χ4n) is 4.09. The normalized spacial score (nSPS) is 13.2. The Morgan fingerprint density at radius 2 is 1.56 bits per heavy atom. The third-order valence-electron chi connectivity index (χ3n) is 6.70. The second-order valence-corrected chi connectivity index (χ2v) is 10.5. The molecule has 2 nitrogen and oxygen atoms in total. The molecule has 0 aliphatic carbocycles. The van der Waals surface area contributed by atoms with E-state index in [0.717, 1.165) is 31.6 Å². The Morgan fingerprint density at radius 3 is 2.09 bits per heavy atom. The first-order valence-electron chi connectivity index (χ1n) is 13.3. The molecule has 0 bridgehead atoms. The van der Waals surface area contributed by atoms with Gasteiger partial charge in [0.25, 0.3) is 0 Å². The summed E-state index contributed by atoms with van der Waals surface area (Å²) in [6.45, 7) is 19.9. The van der Waals surface area contributed by atoms with Crippen LogP contribution in [0.4, 0.5) is 0 Å². The molecular formula is C31H52INO. The number of nitrogens with zero attached hydrogens (tertiary/aromatic N) is 1. The van der Waals surface area contributed by atoms with E-state index in [9.17, 15) is 0 Å². The van der Waals surface area contributed by atoms with Crippen LogP contribution in [0.15, 0.2) is 54.6 Å². The number of ether oxygens (including phenoxy) is 1. The van der Waals surface area contributed by atoms with Gasteiger partial charge in [-0.25, -0.2) is 0 Å². The smallest absolute Gasteiger partial charge is 0.119 e. The van der Waals surface area contributed by atoms with Crippen molar-refractivity contribution >= 4 is 6.08 Å². The lowest BCUT2D eigenvalue weighted by molar-refractivity contribution is -0.910. The number of quaternary nitrogens is 1. The SMILES string of the molecule is C=C[C@@](C)(/C=C/c1ccc(OCCCC[N+](C)(CCCC)CCCC)cc1)CCC=C(C)C.[I-]. The monoisotopic (exact) mass is 581 g/mol. The molecule has 1 atom stereocenters.